The highest BCUT2D eigenvalue weighted by Gasteiger charge is 2.22. The average molecular weight is 317 g/mol. The lowest BCUT2D eigenvalue weighted by molar-refractivity contribution is 0.0889. The van der Waals surface area contributed by atoms with E-state index in [0.717, 1.165) is 31.5 Å². The van der Waals surface area contributed by atoms with Crippen molar-refractivity contribution in [3.8, 4) is 0 Å². The SMILES string of the molecule is OC(c1ccc(I)cc1)C1CCNCC1. The number of benzene rings is 1. The molecule has 0 radical (unpaired) electrons. The average Bonchev–Trinajstić information content (AvgIpc) is 2.30. The summed E-state index contributed by atoms with van der Waals surface area (Å²) in [5.41, 5.74) is 1.06. The van der Waals surface area contributed by atoms with Crippen LogP contribution in [0.15, 0.2) is 24.3 Å². The summed E-state index contributed by atoms with van der Waals surface area (Å²) in [7, 11) is 0. The fraction of sp³-hybridized carbons (Fsp3) is 0.500. The first kappa shape index (κ1) is 11.4. The topological polar surface area (TPSA) is 32.3 Å². The first-order valence-corrected chi connectivity index (χ1v) is 6.49. The largest absolute Gasteiger partial charge is 0.388 e. The summed E-state index contributed by atoms with van der Waals surface area (Å²) in [5.74, 6) is 0.423. The normalized spacial score (nSPS) is 20.1. The summed E-state index contributed by atoms with van der Waals surface area (Å²) in [5, 5.41) is 13.5. The molecule has 1 aromatic carbocycles. The fourth-order valence-electron chi connectivity index (χ4n) is 2.09. The molecule has 0 saturated carbocycles. The van der Waals surface area contributed by atoms with Gasteiger partial charge in [-0.25, -0.2) is 0 Å². The van der Waals surface area contributed by atoms with Crippen LogP contribution in [0.3, 0.4) is 0 Å². The third-order valence-electron chi connectivity index (χ3n) is 3.04. The number of halogens is 1. The predicted octanol–water partition coefficient (Wildman–Crippen LogP) is 2.32. The molecule has 0 amide bonds. The van der Waals surface area contributed by atoms with Crippen molar-refractivity contribution in [2.75, 3.05) is 13.1 Å². The highest BCUT2D eigenvalue weighted by molar-refractivity contribution is 14.1. The summed E-state index contributed by atoms with van der Waals surface area (Å²) < 4.78 is 1.22. The van der Waals surface area contributed by atoms with E-state index in [4.69, 9.17) is 0 Å². The standard InChI is InChI=1S/C12H16INO/c13-11-3-1-9(2-4-11)12(15)10-5-7-14-8-6-10/h1-4,10,12,14-15H,5-8H2. The number of piperidine rings is 1. The Labute approximate surface area is 104 Å². The highest BCUT2D eigenvalue weighted by Crippen LogP contribution is 2.28. The third kappa shape index (κ3) is 2.92. The molecule has 1 aromatic rings. The van der Waals surface area contributed by atoms with Crippen LogP contribution in [-0.4, -0.2) is 18.2 Å². The molecule has 2 N–H and O–H groups in total. The Bertz CT molecular complexity index is 306. The first-order chi connectivity index (χ1) is 7.27. The number of hydrogen-bond acceptors (Lipinski definition) is 2. The van der Waals surface area contributed by atoms with E-state index in [9.17, 15) is 5.11 Å². The molecule has 3 heteroatoms. The van der Waals surface area contributed by atoms with Crippen LogP contribution in [-0.2, 0) is 0 Å². The molecule has 82 valence electrons. The van der Waals surface area contributed by atoms with Gasteiger partial charge in [-0.15, -0.1) is 0 Å². The molecule has 0 bridgehead atoms. The van der Waals surface area contributed by atoms with Gasteiger partial charge in [0, 0.05) is 3.57 Å². The van der Waals surface area contributed by atoms with Crippen molar-refractivity contribution in [1.82, 2.24) is 5.32 Å². The van der Waals surface area contributed by atoms with Crippen LogP contribution >= 0.6 is 22.6 Å². The Balaban J connectivity index is 2.05. The van der Waals surface area contributed by atoms with Gasteiger partial charge in [-0.1, -0.05) is 12.1 Å². The van der Waals surface area contributed by atoms with Crippen molar-refractivity contribution >= 4 is 22.6 Å². The van der Waals surface area contributed by atoms with E-state index in [1.807, 2.05) is 12.1 Å². The van der Waals surface area contributed by atoms with E-state index >= 15 is 0 Å². The van der Waals surface area contributed by atoms with Gasteiger partial charge in [0.05, 0.1) is 6.10 Å². The van der Waals surface area contributed by atoms with E-state index in [-0.39, 0.29) is 6.10 Å². The van der Waals surface area contributed by atoms with Crippen molar-refractivity contribution in [3.63, 3.8) is 0 Å². The lowest BCUT2D eigenvalue weighted by Crippen LogP contribution is -2.30. The number of aliphatic hydroxyl groups is 1. The van der Waals surface area contributed by atoms with Crippen molar-refractivity contribution in [2.45, 2.75) is 18.9 Å². The Morgan fingerprint density at radius 2 is 1.80 bits per heavy atom. The van der Waals surface area contributed by atoms with E-state index in [1.165, 1.54) is 3.57 Å². The van der Waals surface area contributed by atoms with Crippen molar-refractivity contribution < 1.29 is 5.11 Å². The van der Waals surface area contributed by atoms with E-state index < -0.39 is 0 Å². The molecule has 1 fully saturated rings. The molecule has 1 atom stereocenters. The summed E-state index contributed by atoms with van der Waals surface area (Å²) in [6, 6.07) is 8.18. The van der Waals surface area contributed by atoms with Crippen LogP contribution in [0.2, 0.25) is 0 Å². The molecule has 1 saturated heterocycles. The third-order valence-corrected chi connectivity index (χ3v) is 3.76. The Kier molecular flexibility index (Phi) is 3.99. The summed E-state index contributed by atoms with van der Waals surface area (Å²) >= 11 is 2.28. The van der Waals surface area contributed by atoms with Gasteiger partial charge in [0.1, 0.15) is 0 Å². The molecule has 1 aliphatic heterocycles. The number of rotatable bonds is 2. The van der Waals surface area contributed by atoms with Crippen LogP contribution < -0.4 is 5.32 Å². The van der Waals surface area contributed by atoms with Gasteiger partial charge < -0.3 is 10.4 Å². The molecule has 2 nitrogen and oxygen atoms in total. The quantitative estimate of drug-likeness (QED) is 0.821. The van der Waals surface area contributed by atoms with Crippen LogP contribution in [0.25, 0.3) is 0 Å². The molecule has 2 rings (SSSR count). The predicted molar refractivity (Wildman–Crippen MR) is 69.7 cm³/mol. The van der Waals surface area contributed by atoms with Gasteiger partial charge in [0.2, 0.25) is 0 Å². The van der Waals surface area contributed by atoms with Gasteiger partial charge in [-0.05, 0) is 72.1 Å². The molecule has 0 aromatic heterocycles. The molecule has 15 heavy (non-hydrogen) atoms. The molecule has 0 spiro atoms. The second-order valence-corrected chi connectivity index (χ2v) is 5.33. The minimum absolute atomic E-state index is 0.288. The summed E-state index contributed by atoms with van der Waals surface area (Å²) in [6.07, 6.45) is 1.87. The molecular formula is C12H16INO. The fourth-order valence-corrected chi connectivity index (χ4v) is 2.45. The summed E-state index contributed by atoms with van der Waals surface area (Å²) in [4.78, 5) is 0. The Hall–Kier alpha value is -0.130. The lowest BCUT2D eigenvalue weighted by Gasteiger charge is -2.27. The molecule has 1 unspecified atom stereocenters. The maximum atomic E-state index is 10.2. The summed E-state index contributed by atoms with van der Waals surface area (Å²) in [6.45, 7) is 2.07. The smallest absolute Gasteiger partial charge is 0.0819 e. The number of hydrogen-bond donors (Lipinski definition) is 2. The Morgan fingerprint density at radius 1 is 1.20 bits per heavy atom. The van der Waals surface area contributed by atoms with Crippen LogP contribution in [0.5, 0.6) is 0 Å². The lowest BCUT2D eigenvalue weighted by atomic mass is 9.88. The van der Waals surface area contributed by atoms with Gasteiger partial charge in [-0.3, -0.25) is 0 Å². The second-order valence-electron chi connectivity index (χ2n) is 4.08. The van der Waals surface area contributed by atoms with E-state index in [2.05, 4.69) is 40.0 Å². The maximum absolute atomic E-state index is 10.2. The maximum Gasteiger partial charge on any atom is 0.0819 e. The van der Waals surface area contributed by atoms with Gasteiger partial charge >= 0.3 is 0 Å². The zero-order valence-corrected chi connectivity index (χ0v) is 10.8. The van der Waals surface area contributed by atoms with Crippen molar-refractivity contribution in [3.05, 3.63) is 33.4 Å². The molecule has 0 aliphatic carbocycles. The van der Waals surface area contributed by atoms with Crippen molar-refractivity contribution in [2.24, 2.45) is 5.92 Å². The van der Waals surface area contributed by atoms with Crippen LogP contribution in [0.1, 0.15) is 24.5 Å². The van der Waals surface area contributed by atoms with Crippen LogP contribution in [0, 0.1) is 9.49 Å². The zero-order valence-electron chi connectivity index (χ0n) is 8.62. The number of nitrogens with one attached hydrogen (secondary N) is 1. The zero-order chi connectivity index (χ0) is 10.7. The van der Waals surface area contributed by atoms with Gasteiger partial charge in [0.15, 0.2) is 0 Å². The minimum atomic E-state index is -0.288. The second kappa shape index (κ2) is 5.27. The van der Waals surface area contributed by atoms with Crippen LogP contribution in [0.4, 0.5) is 0 Å². The van der Waals surface area contributed by atoms with Gasteiger partial charge in [-0.2, -0.15) is 0 Å². The first-order valence-electron chi connectivity index (χ1n) is 5.41. The monoisotopic (exact) mass is 317 g/mol. The molecule has 1 aliphatic rings. The van der Waals surface area contributed by atoms with Gasteiger partial charge in [0.25, 0.3) is 0 Å². The van der Waals surface area contributed by atoms with E-state index in [0.29, 0.717) is 5.92 Å². The molecule has 1 heterocycles. The van der Waals surface area contributed by atoms with Crippen molar-refractivity contribution in [1.29, 1.82) is 0 Å². The Morgan fingerprint density at radius 3 is 2.40 bits per heavy atom. The number of aliphatic hydroxyl groups excluding tert-OH is 1. The minimum Gasteiger partial charge on any atom is -0.388 e. The van der Waals surface area contributed by atoms with E-state index in [1.54, 1.807) is 0 Å². The highest BCUT2D eigenvalue weighted by atomic mass is 127. The molecular weight excluding hydrogens is 301 g/mol.